The predicted octanol–water partition coefficient (Wildman–Crippen LogP) is 1.54. The van der Waals surface area contributed by atoms with Crippen molar-refractivity contribution in [2.75, 3.05) is 0 Å². The van der Waals surface area contributed by atoms with E-state index in [1.54, 1.807) is 0 Å². The summed E-state index contributed by atoms with van der Waals surface area (Å²) in [5.74, 6) is -0.0226. The molecule has 1 aliphatic rings. The van der Waals surface area contributed by atoms with Gasteiger partial charge in [0.1, 0.15) is 5.76 Å². The second-order valence-corrected chi connectivity index (χ2v) is 2.50. The van der Waals surface area contributed by atoms with Gasteiger partial charge in [-0.05, 0) is 6.42 Å². The summed E-state index contributed by atoms with van der Waals surface area (Å²) in [6, 6.07) is 0. The Balaban J connectivity index is 2.77. The minimum Gasteiger partial charge on any atom is -0.502 e. The lowest BCUT2D eigenvalue weighted by Crippen LogP contribution is -2.16. The summed E-state index contributed by atoms with van der Waals surface area (Å²) in [6.07, 6.45) is 0.755. The van der Waals surface area contributed by atoms with Gasteiger partial charge in [-0.3, -0.25) is 4.79 Å². The van der Waals surface area contributed by atoms with E-state index in [2.05, 4.69) is 0 Å². The average Bonchev–Trinajstić information content (AvgIpc) is 2.30. The van der Waals surface area contributed by atoms with Gasteiger partial charge in [0.05, 0.1) is 0 Å². The number of carbonyl (C=O) groups is 1. The smallest absolute Gasteiger partial charge is 0.240 e. The zero-order chi connectivity index (χ0) is 8.43. The molecule has 11 heavy (non-hydrogen) atoms. The van der Waals surface area contributed by atoms with E-state index in [0.29, 0.717) is 18.6 Å². The van der Waals surface area contributed by atoms with Crippen LogP contribution in [0.25, 0.3) is 0 Å². The molecule has 0 saturated carbocycles. The van der Waals surface area contributed by atoms with Crippen LogP contribution < -0.4 is 0 Å². The second-order valence-electron chi connectivity index (χ2n) is 2.50. The first-order chi connectivity index (χ1) is 5.20. The molecule has 0 aliphatic carbocycles. The molecule has 1 N–H and O–H groups in total. The molecule has 1 heterocycles. The summed E-state index contributed by atoms with van der Waals surface area (Å²) in [6.45, 7) is 3.70. The first-order valence-corrected chi connectivity index (χ1v) is 3.83. The summed E-state index contributed by atoms with van der Waals surface area (Å²) in [4.78, 5) is 11.1. The van der Waals surface area contributed by atoms with Gasteiger partial charge in [0.15, 0.2) is 6.10 Å². The molecule has 0 saturated heterocycles. The summed E-state index contributed by atoms with van der Waals surface area (Å²) < 4.78 is 5.16. The molecule has 1 rings (SSSR count). The Kier molecular flexibility index (Phi) is 2.17. The fourth-order valence-electron chi connectivity index (χ4n) is 1.09. The highest BCUT2D eigenvalue weighted by atomic mass is 16.5. The molecular weight excluding hydrogens is 144 g/mol. The number of ketones is 1. The number of Topliss-reactive ketones (excluding diaryl/α,β-unsaturated/α-hetero) is 1. The van der Waals surface area contributed by atoms with Crippen LogP contribution in [-0.2, 0) is 9.53 Å². The Bertz CT molecular complexity index is 205. The van der Waals surface area contributed by atoms with Crippen LogP contribution in [0.1, 0.15) is 26.7 Å². The molecule has 0 radical (unpaired) electrons. The van der Waals surface area contributed by atoms with E-state index in [1.807, 2.05) is 13.8 Å². The number of carbonyl (C=O) groups excluding carboxylic acids is 1. The third kappa shape index (κ3) is 1.23. The molecule has 0 fully saturated rings. The number of hydrogen-bond donors (Lipinski definition) is 1. The van der Waals surface area contributed by atoms with Gasteiger partial charge in [0, 0.05) is 6.42 Å². The quantitative estimate of drug-likeness (QED) is 0.659. The fourth-order valence-corrected chi connectivity index (χ4v) is 1.09. The molecule has 0 spiro atoms. The molecule has 0 aromatic carbocycles. The van der Waals surface area contributed by atoms with Gasteiger partial charge in [0.25, 0.3) is 0 Å². The number of aliphatic hydroxyl groups excluding tert-OH is 1. The van der Waals surface area contributed by atoms with Crippen molar-refractivity contribution < 1.29 is 14.6 Å². The van der Waals surface area contributed by atoms with E-state index in [9.17, 15) is 4.79 Å². The van der Waals surface area contributed by atoms with Crippen LogP contribution in [0.3, 0.4) is 0 Å². The van der Waals surface area contributed by atoms with Crippen molar-refractivity contribution in [3.8, 4) is 0 Å². The topological polar surface area (TPSA) is 46.5 Å². The van der Waals surface area contributed by atoms with Crippen LogP contribution in [0, 0.1) is 0 Å². The van der Waals surface area contributed by atoms with Crippen LogP contribution >= 0.6 is 0 Å². The van der Waals surface area contributed by atoms with Gasteiger partial charge in [-0.25, -0.2) is 0 Å². The molecule has 3 heteroatoms. The van der Waals surface area contributed by atoms with Crippen LogP contribution in [0.15, 0.2) is 11.5 Å². The average molecular weight is 156 g/mol. The predicted molar refractivity (Wildman–Crippen MR) is 40.1 cm³/mol. The summed E-state index contributed by atoms with van der Waals surface area (Å²) in [7, 11) is 0. The SMILES string of the molecule is CCC1=C(O)C(=O)C(CC)O1. The van der Waals surface area contributed by atoms with E-state index >= 15 is 0 Å². The second kappa shape index (κ2) is 2.95. The van der Waals surface area contributed by atoms with E-state index in [0.717, 1.165) is 0 Å². The highest BCUT2D eigenvalue weighted by Gasteiger charge is 2.32. The Hall–Kier alpha value is -0.990. The van der Waals surface area contributed by atoms with Crippen molar-refractivity contribution in [1.82, 2.24) is 0 Å². The van der Waals surface area contributed by atoms with Crippen molar-refractivity contribution in [3.63, 3.8) is 0 Å². The number of ether oxygens (including phenoxy) is 1. The first kappa shape index (κ1) is 8.11. The molecule has 3 nitrogen and oxygen atoms in total. The van der Waals surface area contributed by atoms with Crippen LogP contribution in [0.4, 0.5) is 0 Å². The Morgan fingerprint density at radius 1 is 1.55 bits per heavy atom. The molecule has 0 aromatic heterocycles. The van der Waals surface area contributed by atoms with E-state index in [1.165, 1.54) is 0 Å². The molecule has 62 valence electrons. The van der Waals surface area contributed by atoms with Crippen molar-refractivity contribution in [3.05, 3.63) is 11.5 Å². The standard InChI is InChI=1S/C8H12O3/c1-3-5-7(9)8(10)6(4-2)11-5/h5,10H,3-4H2,1-2H3. The minimum atomic E-state index is -0.440. The number of hydrogen-bond acceptors (Lipinski definition) is 3. The normalized spacial score (nSPS) is 24.2. The maximum absolute atomic E-state index is 11.1. The third-order valence-electron chi connectivity index (χ3n) is 1.77. The zero-order valence-corrected chi connectivity index (χ0v) is 6.76. The van der Waals surface area contributed by atoms with Crippen molar-refractivity contribution in [2.45, 2.75) is 32.8 Å². The van der Waals surface area contributed by atoms with Gasteiger partial charge in [-0.2, -0.15) is 0 Å². The van der Waals surface area contributed by atoms with E-state index in [4.69, 9.17) is 9.84 Å². The van der Waals surface area contributed by atoms with Crippen LogP contribution in [-0.4, -0.2) is 17.0 Å². The minimum absolute atomic E-state index is 0.181. The molecule has 0 amide bonds. The van der Waals surface area contributed by atoms with Crippen LogP contribution in [0.5, 0.6) is 0 Å². The number of allylic oxidation sites excluding steroid dienone is 1. The van der Waals surface area contributed by atoms with Gasteiger partial charge >= 0.3 is 0 Å². The molecule has 1 aliphatic heterocycles. The Labute approximate surface area is 65.7 Å². The Morgan fingerprint density at radius 2 is 2.18 bits per heavy atom. The number of rotatable bonds is 2. The summed E-state index contributed by atoms with van der Waals surface area (Å²) >= 11 is 0. The number of aliphatic hydroxyl groups is 1. The lowest BCUT2D eigenvalue weighted by Gasteiger charge is -2.05. The highest BCUT2D eigenvalue weighted by Crippen LogP contribution is 2.23. The monoisotopic (exact) mass is 156 g/mol. The van der Waals surface area contributed by atoms with E-state index in [-0.39, 0.29) is 11.5 Å². The first-order valence-electron chi connectivity index (χ1n) is 3.83. The molecule has 1 atom stereocenters. The highest BCUT2D eigenvalue weighted by molar-refractivity contribution is 5.98. The fraction of sp³-hybridized carbons (Fsp3) is 0.625. The summed E-state index contributed by atoms with van der Waals surface area (Å²) in [5.41, 5.74) is 0. The lowest BCUT2D eigenvalue weighted by molar-refractivity contribution is -0.123. The van der Waals surface area contributed by atoms with Crippen molar-refractivity contribution >= 4 is 5.78 Å². The molecule has 1 unspecified atom stereocenters. The van der Waals surface area contributed by atoms with Crippen molar-refractivity contribution in [1.29, 1.82) is 0 Å². The van der Waals surface area contributed by atoms with Crippen LogP contribution in [0.2, 0.25) is 0 Å². The third-order valence-corrected chi connectivity index (χ3v) is 1.77. The molecule has 0 aromatic rings. The van der Waals surface area contributed by atoms with Gasteiger partial charge < -0.3 is 9.84 Å². The Morgan fingerprint density at radius 3 is 2.45 bits per heavy atom. The molecule has 0 bridgehead atoms. The maximum atomic E-state index is 11.1. The lowest BCUT2D eigenvalue weighted by atomic mass is 10.2. The zero-order valence-electron chi connectivity index (χ0n) is 6.76. The van der Waals surface area contributed by atoms with Crippen molar-refractivity contribution in [2.24, 2.45) is 0 Å². The van der Waals surface area contributed by atoms with Gasteiger partial charge in [-0.1, -0.05) is 13.8 Å². The molecular formula is C8H12O3. The maximum Gasteiger partial charge on any atom is 0.240 e. The van der Waals surface area contributed by atoms with Gasteiger partial charge in [-0.15, -0.1) is 0 Å². The largest absolute Gasteiger partial charge is 0.502 e. The summed E-state index contributed by atoms with van der Waals surface area (Å²) in [5, 5.41) is 9.16. The van der Waals surface area contributed by atoms with Gasteiger partial charge in [0.2, 0.25) is 11.5 Å². The van der Waals surface area contributed by atoms with E-state index < -0.39 is 6.10 Å².